The first-order valence-corrected chi connectivity index (χ1v) is 12.5. The van der Waals surface area contributed by atoms with E-state index in [2.05, 4.69) is 34.1 Å². The van der Waals surface area contributed by atoms with Crippen LogP contribution in [0.3, 0.4) is 0 Å². The largest absolute Gasteiger partial charge is 0.376 e. The molecule has 168 valence electrons. The van der Waals surface area contributed by atoms with E-state index in [1.807, 2.05) is 38.1 Å². The van der Waals surface area contributed by atoms with E-state index in [-0.39, 0.29) is 11.6 Å². The number of hydrogen-bond acceptors (Lipinski definition) is 5. The minimum absolute atomic E-state index is 0.0784. The molecule has 0 unspecified atom stereocenters. The highest BCUT2D eigenvalue weighted by atomic mass is 32.2. The lowest BCUT2D eigenvalue weighted by molar-refractivity contribution is -0.0447. The molecular formula is C24H33N3O3S. The third-order valence-corrected chi connectivity index (χ3v) is 8.27. The molecule has 0 aromatic heterocycles. The first-order valence-electron chi connectivity index (χ1n) is 11.0. The summed E-state index contributed by atoms with van der Waals surface area (Å²) in [7, 11) is -1.45. The van der Waals surface area contributed by atoms with Crippen LogP contribution in [-0.4, -0.2) is 52.7 Å². The van der Waals surface area contributed by atoms with Gasteiger partial charge in [0.2, 0.25) is 10.0 Å². The number of likely N-dealkylation sites (tertiary alicyclic amines) is 1. The third-order valence-electron chi connectivity index (χ3n) is 6.72. The number of piperidine rings is 1. The first-order chi connectivity index (χ1) is 14.8. The minimum Gasteiger partial charge on any atom is -0.376 e. The van der Waals surface area contributed by atoms with Gasteiger partial charge in [-0.3, -0.25) is 0 Å². The molecule has 2 saturated heterocycles. The van der Waals surface area contributed by atoms with E-state index >= 15 is 0 Å². The van der Waals surface area contributed by atoms with Gasteiger partial charge in [-0.25, -0.2) is 13.1 Å². The van der Waals surface area contributed by atoms with Gasteiger partial charge in [-0.05, 0) is 82.1 Å². The molecule has 2 fully saturated rings. The summed E-state index contributed by atoms with van der Waals surface area (Å²) in [6.45, 7) is 7.14. The summed E-state index contributed by atoms with van der Waals surface area (Å²) in [4.78, 5) is 2.61. The van der Waals surface area contributed by atoms with E-state index in [1.54, 1.807) is 12.1 Å². The third kappa shape index (κ3) is 4.80. The number of anilines is 1. The zero-order chi connectivity index (χ0) is 22.1. The highest BCUT2D eigenvalue weighted by molar-refractivity contribution is 7.89. The van der Waals surface area contributed by atoms with Gasteiger partial charge in [0.25, 0.3) is 0 Å². The van der Waals surface area contributed by atoms with Crippen LogP contribution in [0.5, 0.6) is 0 Å². The van der Waals surface area contributed by atoms with Crippen LogP contribution in [0.25, 0.3) is 0 Å². The van der Waals surface area contributed by atoms with Crippen molar-refractivity contribution in [1.82, 2.24) is 9.62 Å². The molecule has 2 aromatic carbocycles. The quantitative estimate of drug-likeness (QED) is 0.687. The molecule has 2 aliphatic heterocycles. The number of nitrogens with one attached hydrogen (secondary N) is 2. The number of sulfonamides is 1. The van der Waals surface area contributed by atoms with Crippen molar-refractivity contribution in [2.75, 3.05) is 38.7 Å². The van der Waals surface area contributed by atoms with E-state index in [4.69, 9.17) is 4.74 Å². The second-order valence-electron chi connectivity index (χ2n) is 9.09. The fourth-order valence-electron chi connectivity index (χ4n) is 4.51. The number of rotatable bonds is 7. The maximum atomic E-state index is 13.0. The molecule has 2 aliphatic rings. The van der Waals surface area contributed by atoms with Gasteiger partial charge in [0.15, 0.2) is 0 Å². The highest BCUT2D eigenvalue weighted by Gasteiger charge is 2.40. The number of ether oxygens (including phenoxy) is 1. The predicted molar refractivity (Wildman–Crippen MR) is 124 cm³/mol. The Bertz CT molecular complexity index is 998. The molecule has 31 heavy (non-hydrogen) atoms. The smallest absolute Gasteiger partial charge is 0.240 e. The van der Waals surface area contributed by atoms with Gasteiger partial charge in [0.05, 0.1) is 18.1 Å². The molecule has 0 aliphatic carbocycles. The van der Waals surface area contributed by atoms with E-state index < -0.39 is 10.0 Å². The average Bonchev–Trinajstić information content (AvgIpc) is 2.72. The van der Waals surface area contributed by atoms with Gasteiger partial charge in [0, 0.05) is 11.7 Å². The van der Waals surface area contributed by atoms with E-state index in [1.165, 1.54) is 5.56 Å². The highest BCUT2D eigenvalue weighted by Crippen LogP contribution is 2.35. The van der Waals surface area contributed by atoms with Crippen LogP contribution >= 0.6 is 0 Å². The van der Waals surface area contributed by atoms with Gasteiger partial charge in [-0.15, -0.1) is 0 Å². The zero-order valence-corrected chi connectivity index (χ0v) is 19.4. The second kappa shape index (κ2) is 8.90. The predicted octanol–water partition coefficient (Wildman–Crippen LogP) is 3.34. The Morgan fingerprint density at radius 3 is 2.35 bits per heavy atom. The molecule has 1 atom stereocenters. The van der Waals surface area contributed by atoms with E-state index in [9.17, 15) is 8.42 Å². The monoisotopic (exact) mass is 443 g/mol. The Kier molecular flexibility index (Phi) is 6.40. The minimum atomic E-state index is -3.57. The van der Waals surface area contributed by atoms with Crippen LogP contribution < -0.4 is 10.0 Å². The van der Waals surface area contributed by atoms with Crippen molar-refractivity contribution in [3.63, 3.8) is 0 Å². The molecule has 0 saturated carbocycles. The number of benzene rings is 2. The van der Waals surface area contributed by atoms with Crippen molar-refractivity contribution >= 4 is 15.7 Å². The molecule has 7 heteroatoms. The molecule has 0 amide bonds. The Morgan fingerprint density at radius 2 is 1.77 bits per heavy atom. The van der Waals surface area contributed by atoms with Gasteiger partial charge in [-0.1, -0.05) is 30.3 Å². The Morgan fingerprint density at radius 1 is 1.10 bits per heavy atom. The van der Waals surface area contributed by atoms with Crippen LogP contribution in [0.15, 0.2) is 53.4 Å². The van der Waals surface area contributed by atoms with Gasteiger partial charge >= 0.3 is 0 Å². The summed E-state index contributed by atoms with van der Waals surface area (Å²) in [6.07, 6.45) is 2.04. The molecule has 0 radical (unpaired) electrons. The van der Waals surface area contributed by atoms with Crippen LogP contribution in [-0.2, 0) is 20.3 Å². The SMILES string of the molecule is Cc1cc(S(=O)(=O)N[C@H](C)C2CCN(C)CC2)ccc1NC1(c2ccccc2)COC1. The Hall–Kier alpha value is -1.93. The van der Waals surface area contributed by atoms with Crippen LogP contribution in [0.1, 0.15) is 30.9 Å². The standard InChI is InChI=1S/C24H33N3O3S/c1-18-15-22(31(28,29)26-19(2)20-11-13-27(3)14-12-20)9-10-23(18)25-24(16-30-17-24)21-7-5-4-6-8-21/h4-10,15,19-20,25-26H,11-14,16-17H2,1-3H3/t19-/m1/s1. The van der Waals surface area contributed by atoms with Crippen molar-refractivity contribution in [3.8, 4) is 0 Å². The normalized spacial score (nSPS) is 20.7. The summed E-state index contributed by atoms with van der Waals surface area (Å²) in [6, 6.07) is 15.5. The summed E-state index contributed by atoms with van der Waals surface area (Å²) < 4.78 is 34.5. The van der Waals surface area contributed by atoms with E-state index in [0.29, 0.717) is 24.0 Å². The molecule has 4 rings (SSSR count). The maximum absolute atomic E-state index is 13.0. The number of nitrogens with zero attached hydrogens (tertiary/aromatic N) is 1. The maximum Gasteiger partial charge on any atom is 0.240 e. The molecule has 2 heterocycles. The summed E-state index contributed by atoms with van der Waals surface area (Å²) in [5.74, 6) is 0.373. The molecule has 0 bridgehead atoms. The van der Waals surface area contributed by atoms with Crippen LogP contribution in [0.4, 0.5) is 5.69 Å². The first kappa shape index (κ1) is 22.3. The molecule has 2 N–H and O–H groups in total. The van der Waals surface area contributed by atoms with Crippen molar-refractivity contribution in [3.05, 3.63) is 59.7 Å². The van der Waals surface area contributed by atoms with Crippen LogP contribution in [0.2, 0.25) is 0 Å². The molecule has 0 spiro atoms. The number of hydrogen-bond donors (Lipinski definition) is 2. The second-order valence-corrected chi connectivity index (χ2v) is 10.8. The fraction of sp³-hybridized carbons (Fsp3) is 0.500. The van der Waals surface area contributed by atoms with Crippen molar-refractivity contribution in [1.29, 1.82) is 0 Å². The molecule has 6 nitrogen and oxygen atoms in total. The number of aryl methyl sites for hydroxylation is 1. The summed E-state index contributed by atoms with van der Waals surface area (Å²) in [5.41, 5.74) is 2.73. The molecular weight excluding hydrogens is 410 g/mol. The van der Waals surface area contributed by atoms with Gasteiger partial charge in [-0.2, -0.15) is 0 Å². The topological polar surface area (TPSA) is 70.7 Å². The lowest BCUT2D eigenvalue weighted by Crippen LogP contribution is -2.53. The van der Waals surface area contributed by atoms with Gasteiger partial charge < -0.3 is 15.0 Å². The molecule has 2 aromatic rings. The van der Waals surface area contributed by atoms with Crippen molar-refractivity contribution in [2.24, 2.45) is 5.92 Å². The Labute approximate surface area is 186 Å². The lowest BCUT2D eigenvalue weighted by Gasteiger charge is -2.43. The van der Waals surface area contributed by atoms with Crippen molar-refractivity contribution in [2.45, 2.75) is 43.2 Å². The fourth-order valence-corrected chi connectivity index (χ4v) is 5.91. The van der Waals surface area contributed by atoms with Crippen molar-refractivity contribution < 1.29 is 13.2 Å². The van der Waals surface area contributed by atoms with E-state index in [0.717, 1.165) is 37.2 Å². The summed E-state index contributed by atoms with van der Waals surface area (Å²) in [5, 5.41) is 3.61. The van der Waals surface area contributed by atoms with Crippen LogP contribution in [0, 0.1) is 12.8 Å². The zero-order valence-electron chi connectivity index (χ0n) is 18.6. The average molecular weight is 444 g/mol. The lowest BCUT2D eigenvalue weighted by atomic mass is 9.87. The Balaban J connectivity index is 1.48. The summed E-state index contributed by atoms with van der Waals surface area (Å²) >= 11 is 0. The van der Waals surface area contributed by atoms with Gasteiger partial charge in [0.1, 0.15) is 5.54 Å².